The van der Waals surface area contributed by atoms with Gasteiger partial charge in [0.25, 0.3) is 0 Å². The van der Waals surface area contributed by atoms with Crippen LogP contribution in [-0.2, 0) is 4.74 Å². The van der Waals surface area contributed by atoms with E-state index in [2.05, 4.69) is 25.7 Å². The predicted octanol–water partition coefficient (Wildman–Crippen LogP) is 2.42. The molecule has 11 heteroatoms. The van der Waals surface area contributed by atoms with Crippen LogP contribution in [0.2, 0.25) is 0 Å². The van der Waals surface area contributed by atoms with E-state index in [-0.39, 0.29) is 0 Å². The van der Waals surface area contributed by atoms with Crippen molar-refractivity contribution < 1.29 is 4.74 Å². The minimum absolute atomic E-state index is 0.618. The first-order valence-corrected chi connectivity index (χ1v) is 14.7. The van der Waals surface area contributed by atoms with Gasteiger partial charge in [-0.2, -0.15) is 0 Å². The summed E-state index contributed by atoms with van der Waals surface area (Å²) in [6.07, 6.45) is 5.58. The van der Waals surface area contributed by atoms with Crippen molar-refractivity contribution in [2.75, 3.05) is 46.6 Å². The van der Waals surface area contributed by atoms with Crippen LogP contribution in [0.15, 0.2) is 36.8 Å². The molecule has 0 radical (unpaired) electrons. The van der Waals surface area contributed by atoms with Crippen LogP contribution in [-0.4, -0.2) is 81.8 Å². The number of aromatic nitrogens is 6. The number of imidazole rings is 1. The van der Waals surface area contributed by atoms with Crippen LogP contribution in [0, 0.1) is 0 Å². The molecular formula is C21H26IN9O. The quantitative estimate of drug-likeness (QED) is 0.224. The van der Waals surface area contributed by atoms with E-state index >= 15 is 0 Å². The number of fused-ring (bicyclic) bond motifs is 2. The van der Waals surface area contributed by atoms with Gasteiger partial charge in [-0.1, -0.05) is 0 Å². The van der Waals surface area contributed by atoms with E-state index in [1.807, 2.05) is 42.2 Å². The van der Waals surface area contributed by atoms with Crippen molar-refractivity contribution in [2.24, 2.45) is 0 Å². The number of alkyl halides is 2. The summed E-state index contributed by atoms with van der Waals surface area (Å²) in [6.45, 7) is 6.43. The molecule has 0 saturated carbocycles. The van der Waals surface area contributed by atoms with Crippen LogP contribution in [0.4, 0.5) is 11.8 Å². The molecule has 0 spiro atoms. The van der Waals surface area contributed by atoms with E-state index in [4.69, 9.17) is 19.9 Å². The number of nitrogens with zero attached hydrogens (tertiary/aromatic N) is 7. The fourth-order valence-electron chi connectivity index (χ4n) is 4.30. The zero-order valence-corrected chi connectivity index (χ0v) is 20.2. The predicted molar refractivity (Wildman–Crippen MR) is 133 cm³/mol. The molecule has 2 N–H and O–H groups in total. The van der Waals surface area contributed by atoms with E-state index in [1.165, 1.54) is 4.43 Å². The summed E-state index contributed by atoms with van der Waals surface area (Å²) in [6, 6.07) is 6.62. The maximum absolute atomic E-state index is 5.38. The number of ether oxygens (including phenoxy) is 1. The summed E-state index contributed by atoms with van der Waals surface area (Å²) in [5, 5.41) is 12.8. The second-order valence-electron chi connectivity index (χ2n) is 8.15. The first-order chi connectivity index (χ1) is 15.7. The van der Waals surface area contributed by atoms with Crippen molar-refractivity contribution in [3.8, 4) is 11.3 Å². The van der Waals surface area contributed by atoms with Gasteiger partial charge in [-0.15, -0.1) is 0 Å². The van der Waals surface area contributed by atoms with Crippen molar-refractivity contribution in [3.05, 3.63) is 36.8 Å². The molecule has 2 aliphatic rings. The molecule has 0 aliphatic carbocycles. The molecule has 2 saturated heterocycles. The van der Waals surface area contributed by atoms with Crippen LogP contribution < -0.4 is 8.85 Å². The Morgan fingerprint density at radius 1 is 1.12 bits per heavy atom. The number of rotatable bonds is 5. The van der Waals surface area contributed by atoms with Crippen LogP contribution in [0.3, 0.4) is 0 Å². The first kappa shape index (κ1) is 20.1. The molecule has 2 fully saturated rings. The van der Waals surface area contributed by atoms with Gasteiger partial charge in [0.05, 0.1) is 0 Å². The van der Waals surface area contributed by atoms with Gasteiger partial charge in [0, 0.05) is 0 Å². The van der Waals surface area contributed by atoms with Gasteiger partial charge in [-0.3, -0.25) is 0 Å². The minimum atomic E-state index is -1.42. The monoisotopic (exact) mass is 547 g/mol. The molecule has 168 valence electrons. The molecule has 0 amide bonds. The topological polar surface area (TPSA) is 96.9 Å². The fourth-order valence-corrected chi connectivity index (χ4v) is 9.14. The van der Waals surface area contributed by atoms with Crippen molar-refractivity contribution in [1.29, 1.82) is 0 Å². The Morgan fingerprint density at radius 3 is 2.81 bits per heavy atom. The molecule has 4 aromatic heterocycles. The average molecular weight is 547 g/mol. The van der Waals surface area contributed by atoms with Crippen molar-refractivity contribution in [2.45, 2.75) is 16.9 Å². The maximum atomic E-state index is 5.38. The molecule has 6 heterocycles. The van der Waals surface area contributed by atoms with E-state index < -0.39 is 20.1 Å². The molecule has 10 nitrogen and oxygen atoms in total. The number of nitrogens with one attached hydrogen (secondary N) is 2. The van der Waals surface area contributed by atoms with Crippen LogP contribution in [0.5, 0.6) is 0 Å². The molecule has 0 unspecified atom stereocenters. The van der Waals surface area contributed by atoms with Crippen molar-refractivity contribution >= 4 is 43.0 Å². The Morgan fingerprint density at radius 2 is 2.03 bits per heavy atom. The first-order valence-electron chi connectivity index (χ1n) is 10.8. The summed E-state index contributed by atoms with van der Waals surface area (Å²) in [7, 11) is 1.90. The third kappa shape index (κ3) is 3.48. The van der Waals surface area contributed by atoms with Gasteiger partial charge in [0.15, 0.2) is 0 Å². The Kier molecular flexibility index (Phi) is 5.11. The molecular weight excluding hydrogens is 521 g/mol. The molecule has 0 aromatic carbocycles. The molecule has 2 aliphatic heterocycles. The Bertz CT molecular complexity index is 1270. The van der Waals surface area contributed by atoms with Gasteiger partial charge >= 0.3 is 193 Å². The summed E-state index contributed by atoms with van der Waals surface area (Å²) in [4.78, 5) is 11.7. The van der Waals surface area contributed by atoms with E-state index in [0.717, 1.165) is 54.5 Å². The molecule has 6 rings (SSSR count). The number of anilines is 2. The molecule has 4 aromatic rings. The third-order valence-electron chi connectivity index (χ3n) is 6.13. The Balaban J connectivity index is 1.28. The summed E-state index contributed by atoms with van der Waals surface area (Å²) < 4.78 is 14.7. The standard InChI is InChI=1S/C21H26IN9O/c1-14-11-29(15-12-32-13-15)9-6-22(14)26-21-25-20(23-2)19-16(5-8-31(19)28-21)17-3-4-18-24-7-10-30(18)27-17/h3-5,7-8,10,14-15H,6,9,11-13H2,1-2H3,(H2,23,25,26,28)/t14-/m1/s1. The van der Waals surface area contributed by atoms with E-state index in [9.17, 15) is 0 Å². The van der Waals surface area contributed by atoms with Crippen LogP contribution >= 0.6 is 20.1 Å². The van der Waals surface area contributed by atoms with Crippen LogP contribution in [0.1, 0.15) is 6.92 Å². The second kappa shape index (κ2) is 8.12. The number of hydrogen-bond acceptors (Lipinski definition) is 8. The Hall–Kier alpha value is -2.51. The van der Waals surface area contributed by atoms with Crippen molar-refractivity contribution in [3.63, 3.8) is 0 Å². The van der Waals surface area contributed by atoms with Gasteiger partial charge in [-0.05, 0) is 0 Å². The van der Waals surface area contributed by atoms with Gasteiger partial charge in [-0.25, -0.2) is 0 Å². The normalized spacial score (nSPS) is 21.2. The summed E-state index contributed by atoms with van der Waals surface area (Å²) in [5.74, 6) is 1.50. The SMILES string of the molecule is CNc1nc(NI2CCN(C3COC3)C[C@H]2C)nn2ccc(-c3ccc4nccn4n3)c12. The third-order valence-corrected chi connectivity index (χ3v) is 11.9. The molecule has 32 heavy (non-hydrogen) atoms. The fraction of sp³-hybridized carbons (Fsp3) is 0.429. The van der Waals surface area contributed by atoms with Crippen LogP contribution in [0.25, 0.3) is 22.4 Å². The zero-order chi connectivity index (χ0) is 21.7. The Labute approximate surface area is 193 Å². The summed E-state index contributed by atoms with van der Waals surface area (Å²) in [5.41, 5.74) is 3.58. The zero-order valence-electron chi connectivity index (χ0n) is 18.1. The number of halogens is 1. The second-order valence-corrected chi connectivity index (χ2v) is 14.2. The number of hydrogen-bond donors (Lipinski definition) is 2. The molecule has 1 atom stereocenters. The molecule has 0 bridgehead atoms. The summed E-state index contributed by atoms with van der Waals surface area (Å²) >= 11 is -1.42. The van der Waals surface area contributed by atoms with Gasteiger partial charge in [0.1, 0.15) is 0 Å². The van der Waals surface area contributed by atoms with Gasteiger partial charge < -0.3 is 0 Å². The van der Waals surface area contributed by atoms with Gasteiger partial charge in [0.2, 0.25) is 0 Å². The average Bonchev–Trinajstić information content (AvgIpc) is 3.40. The van der Waals surface area contributed by atoms with E-state index in [1.54, 1.807) is 10.7 Å². The van der Waals surface area contributed by atoms with Crippen molar-refractivity contribution in [1.82, 2.24) is 34.1 Å². The van der Waals surface area contributed by atoms with E-state index in [0.29, 0.717) is 15.9 Å².